The molecule has 0 aromatic rings. The minimum Gasteiger partial charge on any atom is -0.409 e. The molecule has 0 spiro atoms. The highest BCUT2D eigenvalue weighted by molar-refractivity contribution is 6.06. The van der Waals surface area contributed by atoms with Crippen molar-refractivity contribution in [1.29, 1.82) is 0 Å². The first-order valence-corrected chi connectivity index (χ1v) is 7.96. The highest BCUT2D eigenvalue weighted by Crippen LogP contribution is 2.45. The average molecular weight is 279 g/mol. The van der Waals surface area contributed by atoms with Gasteiger partial charge in [-0.25, -0.2) is 0 Å². The van der Waals surface area contributed by atoms with Crippen molar-refractivity contribution < 1.29 is 10.0 Å². The maximum Gasteiger partial charge on any atom is 0.234 e. The molecule has 112 valence electrons. The summed E-state index contributed by atoms with van der Waals surface area (Å²) < 4.78 is 0. The Balaban J connectivity index is 1.74. The zero-order chi connectivity index (χ0) is 14.2. The summed E-state index contributed by atoms with van der Waals surface area (Å²) in [6.45, 7) is 0. The number of oxime groups is 1. The fourth-order valence-corrected chi connectivity index (χ4v) is 3.67. The van der Waals surface area contributed by atoms with E-state index in [0.717, 1.165) is 19.3 Å². The van der Waals surface area contributed by atoms with Crippen LogP contribution >= 0.6 is 0 Å². The molecule has 0 aromatic heterocycles. The summed E-state index contributed by atoms with van der Waals surface area (Å²) in [6.07, 6.45) is 9.42. The molecule has 0 bridgehead atoms. The number of amides is 1. The molecule has 0 aromatic carbocycles. The molecule has 3 saturated carbocycles. The van der Waals surface area contributed by atoms with E-state index < -0.39 is 5.41 Å². The molecule has 3 fully saturated rings. The number of rotatable bonds is 5. The second-order valence-electron chi connectivity index (χ2n) is 6.80. The Morgan fingerprint density at radius 2 is 1.70 bits per heavy atom. The number of nitrogens with zero attached hydrogens (tertiary/aromatic N) is 1. The number of hydrogen-bond donors (Lipinski definition) is 3. The van der Waals surface area contributed by atoms with E-state index in [2.05, 4.69) is 10.5 Å². The fraction of sp³-hybridized carbons (Fsp3) is 0.867. The third-order valence-corrected chi connectivity index (χ3v) is 5.30. The van der Waals surface area contributed by atoms with Crippen molar-refractivity contribution >= 4 is 11.7 Å². The molecule has 3 aliphatic carbocycles. The Bertz CT molecular complexity index is 395. The molecule has 1 amide bonds. The van der Waals surface area contributed by atoms with Gasteiger partial charge >= 0.3 is 0 Å². The number of carbonyl (C=O) groups is 1. The van der Waals surface area contributed by atoms with E-state index in [-0.39, 0.29) is 11.7 Å². The zero-order valence-corrected chi connectivity index (χ0v) is 12.0. The molecular formula is C15H25N3O2. The van der Waals surface area contributed by atoms with Gasteiger partial charge in [0.2, 0.25) is 5.91 Å². The van der Waals surface area contributed by atoms with Crippen LogP contribution in [0.25, 0.3) is 0 Å². The minimum atomic E-state index is -0.769. The molecule has 5 nitrogen and oxygen atoms in total. The van der Waals surface area contributed by atoms with Crippen LogP contribution in [0.15, 0.2) is 5.16 Å². The van der Waals surface area contributed by atoms with E-state index in [4.69, 9.17) is 10.9 Å². The Kier molecular flexibility index (Phi) is 3.61. The largest absolute Gasteiger partial charge is 0.409 e. The Morgan fingerprint density at radius 1 is 1.15 bits per heavy atom. The van der Waals surface area contributed by atoms with Crippen molar-refractivity contribution in [2.75, 3.05) is 0 Å². The third kappa shape index (κ3) is 2.50. The van der Waals surface area contributed by atoms with E-state index in [1.807, 2.05) is 0 Å². The van der Waals surface area contributed by atoms with Gasteiger partial charge in [0.15, 0.2) is 5.84 Å². The number of amidine groups is 1. The van der Waals surface area contributed by atoms with Gasteiger partial charge in [0.25, 0.3) is 0 Å². The first-order chi connectivity index (χ1) is 9.67. The van der Waals surface area contributed by atoms with Crippen LogP contribution in [0.5, 0.6) is 0 Å². The molecule has 0 heterocycles. The van der Waals surface area contributed by atoms with Gasteiger partial charge < -0.3 is 16.3 Å². The molecule has 0 aliphatic heterocycles. The second-order valence-corrected chi connectivity index (χ2v) is 6.80. The van der Waals surface area contributed by atoms with Gasteiger partial charge in [0.1, 0.15) is 5.41 Å². The predicted octanol–water partition coefficient (Wildman–Crippen LogP) is 1.99. The number of nitrogens with two attached hydrogens (primary N) is 1. The number of hydrogen-bond acceptors (Lipinski definition) is 3. The van der Waals surface area contributed by atoms with Gasteiger partial charge in [0, 0.05) is 6.04 Å². The van der Waals surface area contributed by atoms with Gasteiger partial charge in [-0.15, -0.1) is 0 Å². The SMILES string of the molecule is NC(=NO)C1(C(=O)NC(C2CC2)C2CC2)CCCCC1. The Hall–Kier alpha value is -1.26. The maximum absolute atomic E-state index is 12.8. The summed E-state index contributed by atoms with van der Waals surface area (Å²) in [5, 5.41) is 15.5. The lowest BCUT2D eigenvalue weighted by Gasteiger charge is -2.36. The smallest absolute Gasteiger partial charge is 0.234 e. The Labute approximate surface area is 120 Å². The number of nitrogens with one attached hydrogen (secondary N) is 1. The van der Waals surface area contributed by atoms with Crippen LogP contribution in [0.3, 0.4) is 0 Å². The minimum absolute atomic E-state index is 0.00343. The van der Waals surface area contributed by atoms with Gasteiger partial charge in [-0.05, 0) is 50.4 Å². The van der Waals surface area contributed by atoms with E-state index in [9.17, 15) is 4.79 Å². The number of carbonyl (C=O) groups excluding carboxylic acids is 1. The van der Waals surface area contributed by atoms with Crippen LogP contribution in [-0.4, -0.2) is 23.0 Å². The van der Waals surface area contributed by atoms with Crippen molar-refractivity contribution in [2.24, 2.45) is 28.1 Å². The average Bonchev–Trinajstić information content (AvgIpc) is 3.37. The van der Waals surface area contributed by atoms with Crippen LogP contribution in [-0.2, 0) is 4.79 Å². The Morgan fingerprint density at radius 3 is 2.15 bits per heavy atom. The quantitative estimate of drug-likeness (QED) is 0.311. The van der Waals surface area contributed by atoms with E-state index in [1.165, 1.54) is 25.7 Å². The van der Waals surface area contributed by atoms with Gasteiger partial charge in [0.05, 0.1) is 0 Å². The van der Waals surface area contributed by atoms with Crippen molar-refractivity contribution in [1.82, 2.24) is 5.32 Å². The summed E-state index contributed by atoms with van der Waals surface area (Å²) in [5.74, 6) is 1.43. The van der Waals surface area contributed by atoms with E-state index in [1.54, 1.807) is 0 Å². The summed E-state index contributed by atoms with van der Waals surface area (Å²) >= 11 is 0. The molecule has 0 atom stereocenters. The molecule has 0 unspecified atom stereocenters. The maximum atomic E-state index is 12.8. The van der Waals surface area contributed by atoms with Crippen LogP contribution < -0.4 is 11.1 Å². The normalized spacial score (nSPS) is 26.6. The molecule has 3 rings (SSSR count). The molecular weight excluding hydrogens is 254 g/mol. The standard InChI is InChI=1S/C15H25N3O2/c16-13(18-20)15(8-2-1-3-9-15)14(19)17-12(10-4-5-10)11-6-7-11/h10-12,20H,1-9H2,(H2,16,18)(H,17,19). The lowest BCUT2D eigenvalue weighted by Crippen LogP contribution is -2.54. The molecule has 0 saturated heterocycles. The van der Waals surface area contributed by atoms with Gasteiger partial charge in [-0.2, -0.15) is 0 Å². The monoisotopic (exact) mass is 279 g/mol. The summed E-state index contributed by atoms with van der Waals surface area (Å²) in [4.78, 5) is 12.8. The van der Waals surface area contributed by atoms with E-state index in [0.29, 0.717) is 30.7 Å². The first-order valence-electron chi connectivity index (χ1n) is 7.96. The van der Waals surface area contributed by atoms with Crippen LogP contribution in [0.2, 0.25) is 0 Å². The third-order valence-electron chi connectivity index (χ3n) is 5.30. The van der Waals surface area contributed by atoms with Crippen LogP contribution in [0.1, 0.15) is 57.8 Å². The van der Waals surface area contributed by atoms with Gasteiger partial charge in [-0.1, -0.05) is 24.4 Å². The molecule has 5 heteroatoms. The first kappa shape index (κ1) is 13.7. The topological polar surface area (TPSA) is 87.7 Å². The second kappa shape index (κ2) is 5.26. The molecule has 20 heavy (non-hydrogen) atoms. The summed E-state index contributed by atoms with van der Waals surface area (Å²) in [5.41, 5.74) is 5.11. The lowest BCUT2D eigenvalue weighted by atomic mass is 9.72. The van der Waals surface area contributed by atoms with Crippen molar-refractivity contribution in [3.05, 3.63) is 0 Å². The van der Waals surface area contributed by atoms with Crippen molar-refractivity contribution in [3.63, 3.8) is 0 Å². The highest BCUT2D eigenvalue weighted by atomic mass is 16.4. The summed E-state index contributed by atoms with van der Waals surface area (Å²) in [7, 11) is 0. The van der Waals surface area contributed by atoms with Crippen LogP contribution in [0, 0.1) is 17.3 Å². The highest BCUT2D eigenvalue weighted by Gasteiger charge is 2.48. The van der Waals surface area contributed by atoms with Crippen LogP contribution in [0.4, 0.5) is 0 Å². The summed E-state index contributed by atoms with van der Waals surface area (Å²) in [6, 6.07) is 0.327. The van der Waals surface area contributed by atoms with Gasteiger partial charge in [-0.3, -0.25) is 4.79 Å². The lowest BCUT2D eigenvalue weighted by molar-refractivity contribution is -0.130. The molecule has 0 radical (unpaired) electrons. The van der Waals surface area contributed by atoms with Crippen molar-refractivity contribution in [3.8, 4) is 0 Å². The van der Waals surface area contributed by atoms with Crippen molar-refractivity contribution in [2.45, 2.75) is 63.8 Å². The molecule has 4 N–H and O–H groups in total. The molecule has 3 aliphatic rings. The predicted molar refractivity (Wildman–Crippen MR) is 76.3 cm³/mol. The fourth-order valence-electron chi connectivity index (χ4n) is 3.67. The van der Waals surface area contributed by atoms with E-state index >= 15 is 0 Å². The zero-order valence-electron chi connectivity index (χ0n) is 12.0.